The van der Waals surface area contributed by atoms with Gasteiger partial charge in [0.05, 0.1) is 84.9 Å². The van der Waals surface area contributed by atoms with Crippen LogP contribution >= 0.6 is 23.2 Å². The first-order chi connectivity index (χ1) is 33.7. The van der Waals surface area contributed by atoms with E-state index < -0.39 is 32.0 Å². The Bertz CT molecular complexity index is 2890. The van der Waals surface area contributed by atoms with Crippen LogP contribution in [0.15, 0.2) is 84.9 Å². The van der Waals surface area contributed by atoms with E-state index in [9.17, 15) is 36.7 Å². The van der Waals surface area contributed by atoms with Crippen molar-refractivity contribution in [2.75, 3.05) is 49.4 Å². The van der Waals surface area contributed by atoms with E-state index >= 15 is 0 Å². The van der Waals surface area contributed by atoms with Gasteiger partial charge in [-0.05, 0) is 63.1 Å². The number of hydrogen-bond acceptors (Lipinski definition) is 10. The summed E-state index contributed by atoms with van der Waals surface area (Å²) in [5.41, 5.74) is 3.58. The van der Waals surface area contributed by atoms with Gasteiger partial charge in [0.1, 0.15) is 36.2 Å². The first kappa shape index (κ1) is 51.1. The zero-order chi connectivity index (χ0) is 50.2. The highest BCUT2D eigenvalue weighted by atomic mass is 35.5. The maximum absolute atomic E-state index is 13.6. The molecular formula is C52H48Cl2F4N2O10. The van der Waals surface area contributed by atoms with Crippen molar-refractivity contribution in [2.24, 2.45) is 0 Å². The molecule has 0 saturated heterocycles. The Labute approximate surface area is 410 Å². The van der Waals surface area contributed by atoms with Crippen LogP contribution in [0.25, 0.3) is 21.5 Å². The Balaban J connectivity index is 0.000000206. The monoisotopic (exact) mass is 1010 g/mol. The van der Waals surface area contributed by atoms with E-state index in [4.69, 9.17) is 51.6 Å². The number of amides is 2. The maximum Gasteiger partial charge on any atom is 0.310 e. The number of halogens is 6. The molecule has 2 heterocycles. The van der Waals surface area contributed by atoms with Gasteiger partial charge in [-0.3, -0.25) is 19.2 Å². The number of fused-ring (bicyclic) bond motifs is 4. The number of rotatable bonds is 18. The topological polar surface area (TPSA) is 130 Å². The fourth-order valence-corrected chi connectivity index (χ4v) is 9.06. The molecule has 0 fully saturated rings. The quantitative estimate of drug-likeness (QED) is 0.0606. The Kier molecular flexibility index (Phi) is 16.6. The highest BCUT2D eigenvalue weighted by Gasteiger charge is 2.39. The van der Waals surface area contributed by atoms with E-state index in [1.165, 1.54) is 9.80 Å². The lowest BCUT2D eigenvalue weighted by atomic mass is 9.99. The number of esters is 2. The van der Waals surface area contributed by atoms with Gasteiger partial charge in [-0.25, -0.2) is 17.6 Å². The minimum Gasteiger partial charge on any atom is -0.493 e. The molecule has 368 valence electrons. The van der Waals surface area contributed by atoms with Gasteiger partial charge in [0.2, 0.25) is 0 Å². The van der Waals surface area contributed by atoms with Gasteiger partial charge in [0.15, 0.2) is 0 Å². The van der Waals surface area contributed by atoms with Gasteiger partial charge in [-0.15, -0.1) is 0 Å². The van der Waals surface area contributed by atoms with Crippen LogP contribution in [-0.2, 0) is 45.0 Å². The molecule has 0 radical (unpaired) electrons. The van der Waals surface area contributed by atoms with Crippen molar-refractivity contribution < 1.29 is 65.2 Å². The summed E-state index contributed by atoms with van der Waals surface area (Å²) >= 11 is 13.0. The molecule has 2 amide bonds. The fraction of sp³-hybridized carbons (Fsp3) is 0.308. The average molecular weight is 1010 g/mol. The molecule has 2 aliphatic heterocycles. The van der Waals surface area contributed by atoms with Crippen LogP contribution in [-0.4, -0.2) is 76.2 Å². The largest absolute Gasteiger partial charge is 0.493 e. The van der Waals surface area contributed by atoms with Crippen molar-refractivity contribution in [2.45, 2.75) is 66.5 Å². The molecule has 0 saturated carbocycles. The predicted molar refractivity (Wildman–Crippen MR) is 258 cm³/mol. The summed E-state index contributed by atoms with van der Waals surface area (Å²) in [7, 11) is 0. The summed E-state index contributed by atoms with van der Waals surface area (Å²) in [6.45, 7) is 6.83. The van der Waals surface area contributed by atoms with Gasteiger partial charge >= 0.3 is 11.9 Å². The van der Waals surface area contributed by atoms with Crippen LogP contribution in [0.3, 0.4) is 0 Å². The Hall–Kier alpha value is -6.78. The first-order valence-electron chi connectivity index (χ1n) is 22.4. The normalized spacial score (nSPS) is 12.9. The molecule has 0 spiro atoms. The summed E-state index contributed by atoms with van der Waals surface area (Å²) < 4.78 is 85.0. The van der Waals surface area contributed by atoms with Crippen molar-refractivity contribution in [1.82, 2.24) is 0 Å². The summed E-state index contributed by atoms with van der Waals surface area (Å²) in [6.07, 6.45) is -5.28. The van der Waals surface area contributed by atoms with E-state index in [0.29, 0.717) is 79.9 Å². The van der Waals surface area contributed by atoms with Crippen LogP contribution in [0.5, 0.6) is 23.0 Å². The van der Waals surface area contributed by atoms with E-state index in [2.05, 4.69) is 0 Å². The number of carbonyl (C=O) groups excluding carboxylic acids is 4. The van der Waals surface area contributed by atoms with Crippen LogP contribution in [0, 0.1) is 0 Å². The van der Waals surface area contributed by atoms with E-state index in [0.717, 1.165) is 0 Å². The van der Waals surface area contributed by atoms with Gasteiger partial charge < -0.3 is 38.2 Å². The van der Waals surface area contributed by atoms with Crippen molar-refractivity contribution in [1.29, 1.82) is 0 Å². The van der Waals surface area contributed by atoms with Gasteiger partial charge in [0.25, 0.3) is 24.7 Å². The predicted octanol–water partition coefficient (Wildman–Crippen LogP) is 11.6. The molecule has 8 rings (SSSR count). The molecule has 0 aliphatic carbocycles. The molecular weight excluding hydrogens is 959 g/mol. The minimum absolute atomic E-state index is 0.0491. The van der Waals surface area contributed by atoms with Crippen LogP contribution in [0.4, 0.5) is 28.9 Å². The summed E-state index contributed by atoms with van der Waals surface area (Å²) in [5, 5.41) is 2.91. The molecule has 0 aromatic heterocycles. The molecule has 6 aromatic rings. The van der Waals surface area contributed by atoms with Crippen molar-refractivity contribution >= 4 is 79.9 Å². The standard InChI is InChI=1S/2C26H24ClF2NO5/c1-3-33-22(31)12-15-9-10-20(19(27)11-15)30-13-18-23(26(30)32)25(34-4-2)17-8-6-5-7-16(17)24(18)35-14-21(28)29;1-3-33-22(31)12-15-9-10-20(19(27)11-15)30-13-18-23(26(30)32)25(35-14-21(28)29)17-8-6-5-7-16(17)24(18)34-4-2/h2*5-11,21H,3-4,12-14H2,1-2H3. The second kappa shape index (κ2) is 22.8. The lowest BCUT2D eigenvalue weighted by molar-refractivity contribution is -0.143. The minimum atomic E-state index is -2.70. The molecule has 0 bridgehead atoms. The number of hydrogen-bond donors (Lipinski definition) is 0. The number of anilines is 2. The third-order valence-corrected chi connectivity index (χ3v) is 11.8. The average Bonchev–Trinajstić information content (AvgIpc) is 3.84. The third-order valence-electron chi connectivity index (χ3n) is 11.2. The maximum atomic E-state index is 13.6. The number of alkyl halides is 4. The van der Waals surface area contributed by atoms with Crippen LogP contribution in [0.2, 0.25) is 10.0 Å². The molecule has 0 unspecified atom stereocenters. The Morgan fingerprint density at radius 3 is 1.26 bits per heavy atom. The molecule has 18 heteroatoms. The highest BCUT2D eigenvalue weighted by Crippen LogP contribution is 2.49. The SMILES string of the molecule is CCOC(=O)Cc1ccc(N2Cc3c(c(OCC(F)F)c4ccccc4c3OCC)C2=O)c(Cl)c1.CCOC(=O)Cc1ccc(N2Cc3c(c(OCC)c4ccccc4c3OCC(F)F)C2=O)c(Cl)c1. The second-order valence-corrected chi connectivity index (χ2v) is 16.5. The Morgan fingerprint density at radius 2 is 0.886 bits per heavy atom. The van der Waals surface area contributed by atoms with Crippen molar-refractivity contribution in [3.63, 3.8) is 0 Å². The molecule has 0 N–H and O–H groups in total. The van der Waals surface area contributed by atoms with Gasteiger partial charge in [-0.1, -0.05) is 83.9 Å². The molecule has 0 atom stereocenters. The highest BCUT2D eigenvalue weighted by molar-refractivity contribution is 6.35. The zero-order valence-electron chi connectivity index (χ0n) is 38.6. The van der Waals surface area contributed by atoms with Crippen LogP contribution < -0.4 is 28.7 Å². The van der Waals surface area contributed by atoms with E-state index in [-0.39, 0.29) is 89.7 Å². The zero-order valence-corrected chi connectivity index (χ0v) is 40.1. The second-order valence-electron chi connectivity index (χ2n) is 15.7. The summed E-state index contributed by atoms with van der Waals surface area (Å²) in [5.74, 6) is -0.359. The number of carbonyl (C=O) groups is 4. The molecule has 12 nitrogen and oxygen atoms in total. The lowest BCUT2D eigenvalue weighted by Crippen LogP contribution is -2.24. The van der Waals surface area contributed by atoms with E-state index in [1.54, 1.807) is 99.6 Å². The summed E-state index contributed by atoms with van der Waals surface area (Å²) in [6, 6.07) is 24.1. The van der Waals surface area contributed by atoms with E-state index in [1.807, 2.05) is 13.0 Å². The first-order valence-corrected chi connectivity index (χ1v) is 23.2. The number of ether oxygens (including phenoxy) is 6. The van der Waals surface area contributed by atoms with Crippen molar-refractivity contribution in [3.8, 4) is 23.0 Å². The smallest absolute Gasteiger partial charge is 0.310 e. The van der Waals surface area contributed by atoms with Crippen molar-refractivity contribution in [3.05, 3.63) is 128 Å². The van der Waals surface area contributed by atoms with Gasteiger partial charge in [-0.2, -0.15) is 0 Å². The molecule has 6 aromatic carbocycles. The molecule has 2 aliphatic rings. The fourth-order valence-electron chi connectivity index (χ4n) is 8.45. The summed E-state index contributed by atoms with van der Waals surface area (Å²) in [4.78, 5) is 53.8. The number of benzene rings is 6. The Morgan fingerprint density at radius 1 is 0.529 bits per heavy atom. The molecule has 70 heavy (non-hydrogen) atoms. The lowest BCUT2D eigenvalue weighted by Gasteiger charge is -2.18. The van der Waals surface area contributed by atoms with Crippen LogP contribution in [0.1, 0.15) is 70.7 Å². The third kappa shape index (κ3) is 10.8. The number of nitrogens with zero attached hydrogens (tertiary/aromatic N) is 2. The van der Waals surface area contributed by atoms with Gasteiger partial charge in [0, 0.05) is 32.7 Å².